The van der Waals surface area contributed by atoms with Gasteiger partial charge in [-0.15, -0.1) is 0 Å². The fourth-order valence-electron chi connectivity index (χ4n) is 3.18. The first-order chi connectivity index (χ1) is 13.5. The zero-order chi connectivity index (χ0) is 19.7. The quantitative estimate of drug-likeness (QED) is 0.582. The molecule has 1 aromatic heterocycles. The van der Waals surface area contributed by atoms with Crippen LogP contribution in [0.3, 0.4) is 0 Å². The molecule has 0 unspecified atom stereocenters. The second-order valence-electron chi connectivity index (χ2n) is 6.68. The van der Waals surface area contributed by atoms with Crippen molar-refractivity contribution >= 4 is 16.9 Å². The summed E-state index contributed by atoms with van der Waals surface area (Å²) in [5.41, 5.74) is 1.42. The monoisotopic (exact) mass is 387 g/mol. The molecule has 0 saturated heterocycles. The zero-order valence-corrected chi connectivity index (χ0v) is 15.2. The maximum Gasteiger partial charge on any atom is 0.387 e. The Morgan fingerprint density at radius 2 is 1.96 bits per heavy atom. The number of alkyl halides is 2. The van der Waals surface area contributed by atoms with Crippen LogP contribution in [0.5, 0.6) is 11.5 Å². The summed E-state index contributed by atoms with van der Waals surface area (Å²) < 4.78 is 40.3. The first kappa shape index (κ1) is 18.3. The number of amides is 1. The van der Waals surface area contributed by atoms with E-state index in [1.165, 1.54) is 13.2 Å². The van der Waals surface area contributed by atoms with Crippen LogP contribution in [-0.2, 0) is 6.54 Å². The Morgan fingerprint density at radius 3 is 2.64 bits per heavy atom. The van der Waals surface area contributed by atoms with E-state index in [4.69, 9.17) is 9.15 Å². The van der Waals surface area contributed by atoms with Gasteiger partial charge in [-0.2, -0.15) is 8.78 Å². The summed E-state index contributed by atoms with van der Waals surface area (Å²) in [5.74, 6) is 0.260. The number of hydrogen-bond acceptors (Lipinski definition) is 4. The van der Waals surface area contributed by atoms with Gasteiger partial charge in [0.25, 0.3) is 5.91 Å². The van der Waals surface area contributed by atoms with Gasteiger partial charge in [0.1, 0.15) is 5.58 Å². The average Bonchev–Trinajstić information content (AvgIpc) is 3.43. The van der Waals surface area contributed by atoms with Crippen LogP contribution in [0.4, 0.5) is 8.78 Å². The normalized spacial score (nSPS) is 13.7. The Balaban J connectivity index is 1.58. The van der Waals surface area contributed by atoms with E-state index in [0.29, 0.717) is 12.1 Å². The minimum Gasteiger partial charge on any atom is -0.493 e. The first-order valence-corrected chi connectivity index (χ1v) is 8.96. The van der Waals surface area contributed by atoms with Crippen LogP contribution in [0.2, 0.25) is 0 Å². The summed E-state index contributed by atoms with van der Waals surface area (Å²) in [6.45, 7) is -2.61. The molecule has 5 nitrogen and oxygen atoms in total. The number of methoxy groups -OCH3 is 1. The molecule has 1 heterocycles. The molecule has 0 atom stereocenters. The Morgan fingerprint density at radius 1 is 1.18 bits per heavy atom. The van der Waals surface area contributed by atoms with Gasteiger partial charge in [-0.3, -0.25) is 4.79 Å². The van der Waals surface area contributed by atoms with E-state index in [9.17, 15) is 13.6 Å². The first-order valence-electron chi connectivity index (χ1n) is 8.96. The molecule has 28 heavy (non-hydrogen) atoms. The smallest absolute Gasteiger partial charge is 0.387 e. The van der Waals surface area contributed by atoms with Crippen molar-refractivity contribution in [1.82, 2.24) is 4.90 Å². The van der Waals surface area contributed by atoms with Gasteiger partial charge in [0.2, 0.25) is 0 Å². The Kier molecular flexibility index (Phi) is 4.90. The standard InChI is InChI=1S/C21H19F2NO4/c1-26-18-10-13(6-9-17(18)28-21(22)23)12-24(15-7-8-15)20(25)19-11-14-4-2-3-5-16(14)27-19/h2-6,9-11,15,21H,7-8,12H2,1H3. The molecule has 1 fully saturated rings. The Hall–Kier alpha value is -3.09. The predicted octanol–water partition coefficient (Wildman–Crippen LogP) is 4.85. The number of benzene rings is 2. The van der Waals surface area contributed by atoms with Crippen molar-refractivity contribution in [2.75, 3.05) is 7.11 Å². The number of ether oxygens (including phenoxy) is 2. The Labute approximate surface area is 160 Å². The average molecular weight is 387 g/mol. The van der Waals surface area contributed by atoms with E-state index >= 15 is 0 Å². The molecular formula is C21H19F2NO4. The van der Waals surface area contributed by atoms with Gasteiger partial charge in [-0.25, -0.2) is 0 Å². The molecule has 1 aliphatic carbocycles. The molecule has 0 N–H and O–H groups in total. The fourth-order valence-corrected chi connectivity index (χ4v) is 3.18. The molecule has 3 aromatic rings. The third-order valence-corrected chi connectivity index (χ3v) is 4.68. The highest BCUT2D eigenvalue weighted by Crippen LogP contribution is 2.34. The number of rotatable bonds is 7. The SMILES string of the molecule is COc1cc(CN(C(=O)c2cc3ccccc3o2)C2CC2)ccc1OC(F)F. The summed E-state index contributed by atoms with van der Waals surface area (Å²) in [7, 11) is 1.38. The summed E-state index contributed by atoms with van der Waals surface area (Å²) >= 11 is 0. The molecule has 4 rings (SSSR count). The van der Waals surface area contributed by atoms with Crippen molar-refractivity contribution < 1.29 is 27.5 Å². The van der Waals surface area contributed by atoms with Gasteiger partial charge >= 0.3 is 6.61 Å². The van der Waals surface area contributed by atoms with Crippen molar-refractivity contribution in [1.29, 1.82) is 0 Å². The molecule has 1 amide bonds. The summed E-state index contributed by atoms with van der Waals surface area (Å²) in [6, 6.07) is 14.0. The number of hydrogen-bond donors (Lipinski definition) is 0. The fraction of sp³-hybridized carbons (Fsp3) is 0.286. The number of halogens is 2. The topological polar surface area (TPSA) is 51.9 Å². The molecular weight excluding hydrogens is 368 g/mol. The largest absolute Gasteiger partial charge is 0.493 e. The van der Waals surface area contributed by atoms with Crippen molar-refractivity contribution in [2.45, 2.75) is 32.0 Å². The van der Waals surface area contributed by atoms with E-state index in [1.807, 2.05) is 24.3 Å². The van der Waals surface area contributed by atoms with E-state index in [-0.39, 0.29) is 29.2 Å². The Bertz CT molecular complexity index is 964. The maximum atomic E-state index is 13.0. The lowest BCUT2D eigenvalue weighted by molar-refractivity contribution is -0.0512. The van der Waals surface area contributed by atoms with Gasteiger partial charge in [0, 0.05) is 18.0 Å². The van der Waals surface area contributed by atoms with Crippen LogP contribution in [0.25, 0.3) is 11.0 Å². The van der Waals surface area contributed by atoms with Crippen LogP contribution in [0.1, 0.15) is 29.0 Å². The van der Waals surface area contributed by atoms with Gasteiger partial charge in [0.15, 0.2) is 17.3 Å². The molecule has 1 aliphatic rings. The minimum absolute atomic E-state index is 0.0390. The lowest BCUT2D eigenvalue weighted by Crippen LogP contribution is -2.32. The summed E-state index contributed by atoms with van der Waals surface area (Å²) in [6.07, 6.45) is 1.85. The van der Waals surface area contributed by atoms with E-state index in [1.54, 1.807) is 23.1 Å². The molecule has 1 saturated carbocycles. The number of para-hydroxylation sites is 1. The number of fused-ring (bicyclic) bond motifs is 1. The molecule has 0 bridgehead atoms. The molecule has 2 aromatic carbocycles. The van der Waals surface area contributed by atoms with Gasteiger partial charge in [0.05, 0.1) is 7.11 Å². The van der Waals surface area contributed by atoms with E-state index in [2.05, 4.69) is 4.74 Å². The van der Waals surface area contributed by atoms with Crippen LogP contribution >= 0.6 is 0 Å². The number of carbonyl (C=O) groups is 1. The molecule has 0 spiro atoms. The third-order valence-electron chi connectivity index (χ3n) is 4.68. The predicted molar refractivity (Wildman–Crippen MR) is 98.7 cm³/mol. The molecule has 0 aliphatic heterocycles. The molecule has 7 heteroatoms. The van der Waals surface area contributed by atoms with E-state index < -0.39 is 6.61 Å². The van der Waals surface area contributed by atoms with Crippen LogP contribution in [0, 0.1) is 0 Å². The highest BCUT2D eigenvalue weighted by Gasteiger charge is 2.34. The molecule has 146 valence electrons. The second-order valence-corrected chi connectivity index (χ2v) is 6.68. The van der Waals surface area contributed by atoms with Crippen LogP contribution in [0.15, 0.2) is 52.9 Å². The second kappa shape index (κ2) is 7.50. The van der Waals surface area contributed by atoms with Crippen LogP contribution < -0.4 is 9.47 Å². The third kappa shape index (κ3) is 3.78. The van der Waals surface area contributed by atoms with Gasteiger partial charge in [-0.1, -0.05) is 24.3 Å². The van der Waals surface area contributed by atoms with Crippen LogP contribution in [-0.4, -0.2) is 30.6 Å². The number of carbonyl (C=O) groups excluding carboxylic acids is 1. The maximum absolute atomic E-state index is 13.0. The highest BCUT2D eigenvalue weighted by molar-refractivity contribution is 5.96. The highest BCUT2D eigenvalue weighted by atomic mass is 19.3. The van der Waals surface area contributed by atoms with Crippen molar-refractivity contribution in [3.05, 3.63) is 59.9 Å². The van der Waals surface area contributed by atoms with Crippen molar-refractivity contribution in [3.8, 4) is 11.5 Å². The van der Waals surface area contributed by atoms with E-state index in [0.717, 1.165) is 23.8 Å². The number of nitrogens with zero attached hydrogens (tertiary/aromatic N) is 1. The zero-order valence-electron chi connectivity index (χ0n) is 15.2. The summed E-state index contributed by atoms with van der Waals surface area (Å²) in [4.78, 5) is 14.8. The lowest BCUT2D eigenvalue weighted by atomic mass is 10.1. The summed E-state index contributed by atoms with van der Waals surface area (Å²) in [5, 5.41) is 0.872. The number of furan rings is 1. The van der Waals surface area contributed by atoms with Crippen molar-refractivity contribution in [3.63, 3.8) is 0 Å². The molecule has 0 radical (unpaired) electrons. The van der Waals surface area contributed by atoms with Gasteiger partial charge < -0.3 is 18.8 Å². The minimum atomic E-state index is -2.93. The van der Waals surface area contributed by atoms with Crippen molar-refractivity contribution in [2.24, 2.45) is 0 Å². The van der Waals surface area contributed by atoms with Gasteiger partial charge in [-0.05, 0) is 42.7 Å². The lowest BCUT2D eigenvalue weighted by Gasteiger charge is -2.22.